The van der Waals surface area contributed by atoms with Crippen molar-refractivity contribution < 1.29 is 22.0 Å². The lowest BCUT2D eigenvalue weighted by Gasteiger charge is -2.25. The Morgan fingerprint density at radius 2 is 1.56 bits per heavy atom. The minimum Gasteiger partial charge on any atom is -0.456 e. The van der Waals surface area contributed by atoms with Crippen molar-refractivity contribution in [3.63, 3.8) is 0 Å². The normalized spacial score (nSPS) is 15.9. The Bertz CT molecular complexity index is 1380. The number of fused-ring (bicyclic) bond motifs is 4. The van der Waals surface area contributed by atoms with Gasteiger partial charge < -0.3 is 4.42 Å². The predicted molar refractivity (Wildman–Crippen MR) is 128 cm³/mol. The Kier molecular flexibility index (Phi) is 6.13. The van der Waals surface area contributed by atoms with Crippen molar-refractivity contribution >= 4 is 21.9 Å². The molecule has 1 atom stereocenters. The third kappa shape index (κ3) is 3.79. The minimum atomic E-state index is -1.22. The van der Waals surface area contributed by atoms with Crippen LogP contribution < -0.4 is 0 Å². The second kappa shape index (κ2) is 9.09. The molecule has 1 heterocycles. The molecule has 3 aromatic carbocycles. The van der Waals surface area contributed by atoms with Crippen LogP contribution in [0.25, 0.3) is 33.1 Å². The summed E-state index contributed by atoms with van der Waals surface area (Å²) in [5.74, 6) is -3.85. The number of furan rings is 1. The molecule has 1 unspecified atom stereocenters. The molecular weight excluding hydrogens is 440 g/mol. The van der Waals surface area contributed by atoms with Gasteiger partial charge >= 0.3 is 0 Å². The highest BCUT2D eigenvalue weighted by atomic mass is 19.2. The van der Waals surface area contributed by atoms with Gasteiger partial charge in [-0.1, -0.05) is 57.7 Å². The molecule has 0 spiro atoms. The molecule has 1 aliphatic carbocycles. The molecule has 0 amide bonds. The smallest absolute Gasteiger partial charge is 0.171 e. The summed E-state index contributed by atoms with van der Waals surface area (Å²) in [4.78, 5) is 0. The van der Waals surface area contributed by atoms with Crippen LogP contribution in [0.2, 0.25) is 0 Å². The van der Waals surface area contributed by atoms with E-state index in [2.05, 4.69) is 6.92 Å². The van der Waals surface area contributed by atoms with Crippen LogP contribution in [0.3, 0.4) is 0 Å². The predicted octanol–water partition coefficient (Wildman–Crippen LogP) is 9.06. The summed E-state index contributed by atoms with van der Waals surface area (Å²) >= 11 is 0. The Morgan fingerprint density at radius 1 is 0.824 bits per heavy atom. The van der Waals surface area contributed by atoms with Crippen molar-refractivity contribution in [3.8, 4) is 11.1 Å². The molecule has 0 bridgehead atoms. The van der Waals surface area contributed by atoms with E-state index in [1.165, 1.54) is 37.0 Å². The summed E-state index contributed by atoms with van der Waals surface area (Å²) in [7, 11) is 0. The van der Waals surface area contributed by atoms with E-state index in [-0.39, 0.29) is 33.1 Å². The van der Waals surface area contributed by atoms with Crippen LogP contribution in [-0.4, -0.2) is 0 Å². The van der Waals surface area contributed by atoms with Gasteiger partial charge in [-0.25, -0.2) is 17.6 Å². The molecule has 34 heavy (non-hydrogen) atoms. The Labute approximate surface area is 196 Å². The first kappa shape index (κ1) is 22.9. The first-order valence-corrected chi connectivity index (χ1v) is 12.3. The van der Waals surface area contributed by atoms with Crippen LogP contribution in [0.1, 0.15) is 62.6 Å². The molecule has 1 nitrogen and oxygen atoms in total. The Morgan fingerprint density at radius 3 is 2.29 bits per heavy atom. The van der Waals surface area contributed by atoms with Gasteiger partial charge in [0, 0.05) is 5.56 Å². The fraction of sp³-hybridized carbons (Fsp3) is 0.379. The van der Waals surface area contributed by atoms with Crippen molar-refractivity contribution in [1.82, 2.24) is 0 Å². The summed E-state index contributed by atoms with van der Waals surface area (Å²) in [6.45, 7) is 4.05. The second-order valence-corrected chi connectivity index (χ2v) is 9.55. The summed E-state index contributed by atoms with van der Waals surface area (Å²) in [5, 5.41) is -0.703. The molecule has 1 aromatic heterocycles. The summed E-state index contributed by atoms with van der Waals surface area (Å²) in [6, 6.07) is 8.54. The van der Waals surface area contributed by atoms with Crippen LogP contribution in [0.15, 0.2) is 34.7 Å². The lowest BCUT2D eigenvalue weighted by atomic mass is 9.80. The van der Waals surface area contributed by atoms with Crippen LogP contribution in [0.5, 0.6) is 0 Å². The molecule has 5 heteroatoms. The molecule has 0 radical (unpaired) electrons. The maximum Gasteiger partial charge on any atom is 0.171 e. The number of halogens is 4. The highest BCUT2D eigenvalue weighted by Gasteiger charge is 2.26. The van der Waals surface area contributed by atoms with E-state index in [1.807, 2.05) is 25.1 Å². The van der Waals surface area contributed by atoms with Crippen molar-refractivity contribution in [1.29, 1.82) is 0 Å². The fourth-order valence-electron chi connectivity index (χ4n) is 5.40. The maximum absolute atomic E-state index is 15.3. The number of hydrogen-bond donors (Lipinski definition) is 0. The highest BCUT2D eigenvalue weighted by molar-refractivity contribution is 6.07. The van der Waals surface area contributed by atoms with Gasteiger partial charge in [-0.05, 0) is 66.0 Å². The van der Waals surface area contributed by atoms with E-state index >= 15 is 8.78 Å². The minimum absolute atomic E-state index is 0.00759. The zero-order chi connectivity index (χ0) is 24.0. The molecular formula is C29H28F4O. The molecule has 178 valence electrons. The van der Waals surface area contributed by atoms with E-state index in [0.717, 1.165) is 24.8 Å². The van der Waals surface area contributed by atoms with Crippen LogP contribution >= 0.6 is 0 Å². The SMILES string of the molecule is CCCCC1CCc2cc(-c3cc4oc5cc(CCC)c(F)c(F)c5c4c(F)c3F)ccc2C1. The second-order valence-electron chi connectivity index (χ2n) is 9.55. The first-order chi connectivity index (χ1) is 16.4. The zero-order valence-electron chi connectivity index (χ0n) is 19.5. The highest BCUT2D eigenvalue weighted by Crippen LogP contribution is 2.40. The largest absolute Gasteiger partial charge is 0.456 e. The number of benzene rings is 3. The molecule has 0 saturated carbocycles. The van der Waals surface area contributed by atoms with Crippen LogP contribution in [0.4, 0.5) is 17.6 Å². The summed E-state index contributed by atoms with van der Waals surface area (Å²) in [5.41, 5.74) is 3.25. The standard InChI is InChI=1S/C29H28F4O/c1-3-5-7-16-8-9-18-13-19(11-10-17(18)12-16)21-15-23-25(29(33)27(21)31)24-22(34-23)14-20(6-4-2)26(30)28(24)32/h10-11,13-16H,3-9,12H2,1-2H3. The van der Waals surface area contributed by atoms with Crippen molar-refractivity contribution in [2.45, 2.75) is 65.2 Å². The van der Waals surface area contributed by atoms with E-state index in [9.17, 15) is 8.78 Å². The molecule has 4 aromatic rings. The molecule has 0 N–H and O–H groups in total. The first-order valence-electron chi connectivity index (χ1n) is 12.3. The molecule has 1 aliphatic rings. The summed E-state index contributed by atoms with van der Waals surface area (Å²) in [6.07, 6.45) is 7.61. The maximum atomic E-state index is 15.3. The van der Waals surface area contributed by atoms with E-state index in [0.29, 0.717) is 24.3 Å². The van der Waals surface area contributed by atoms with Crippen LogP contribution in [-0.2, 0) is 19.3 Å². The summed E-state index contributed by atoms with van der Waals surface area (Å²) < 4.78 is 65.6. The third-order valence-electron chi connectivity index (χ3n) is 7.22. The zero-order valence-corrected chi connectivity index (χ0v) is 19.5. The lowest BCUT2D eigenvalue weighted by molar-refractivity contribution is 0.413. The van der Waals surface area contributed by atoms with Gasteiger partial charge in [-0.3, -0.25) is 0 Å². The van der Waals surface area contributed by atoms with Crippen molar-refractivity contribution in [3.05, 3.63) is 70.3 Å². The van der Waals surface area contributed by atoms with E-state index < -0.39 is 23.3 Å². The third-order valence-corrected chi connectivity index (χ3v) is 7.22. The molecule has 0 fully saturated rings. The van der Waals surface area contributed by atoms with Crippen molar-refractivity contribution in [2.75, 3.05) is 0 Å². The number of aryl methyl sites for hydroxylation is 2. The molecule has 5 rings (SSSR count). The number of unbranched alkanes of at least 4 members (excludes halogenated alkanes) is 1. The van der Waals surface area contributed by atoms with Gasteiger partial charge in [-0.2, -0.15) is 0 Å². The van der Waals surface area contributed by atoms with Crippen molar-refractivity contribution in [2.24, 2.45) is 5.92 Å². The van der Waals surface area contributed by atoms with Gasteiger partial charge in [0.25, 0.3) is 0 Å². The van der Waals surface area contributed by atoms with Gasteiger partial charge in [0.15, 0.2) is 23.3 Å². The topological polar surface area (TPSA) is 13.1 Å². The van der Waals surface area contributed by atoms with Gasteiger partial charge in [0.2, 0.25) is 0 Å². The average Bonchev–Trinajstić information content (AvgIpc) is 3.21. The number of hydrogen-bond acceptors (Lipinski definition) is 1. The van der Waals surface area contributed by atoms with E-state index in [4.69, 9.17) is 4.42 Å². The van der Waals surface area contributed by atoms with Gasteiger partial charge in [-0.15, -0.1) is 0 Å². The van der Waals surface area contributed by atoms with Gasteiger partial charge in [0.1, 0.15) is 11.2 Å². The molecule has 0 aliphatic heterocycles. The fourth-order valence-corrected chi connectivity index (χ4v) is 5.40. The monoisotopic (exact) mass is 468 g/mol. The Hall–Kier alpha value is -2.82. The lowest BCUT2D eigenvalue weighted by Crippen LogP contribution is -2.14. The number of rotatable bonds is 6. The van der Waals surface area contributed by atoms with E-state index in [1.54, 1.807) is 0 Å². The quantitative estimate of drug-likeness (QED) is 0.257. The Balaban J connectivity index is 1.59. The molecule has 0 saturated heterocycles. The van der Waals surface area contributed by atoms with Gasteiger partial charge in [0.05, 0.1) is 10.8 Å². The average molecular weight is 469 g/mol. The van der Waals surface area contributed by atoms with Crippen LogP contribution in [0, 0.1) is 29.2 Å².